The number of hydrogen-bond acceptors (Lipinski definition) is 3. The first-order valence-corrected chi connectivity index (χ1v) is 7.44. The highest BCUT2D eigenvalue weighted by Crippen LogP contribution is 2.10. The highest BCUT2D eigenvalue weighted by Gasteiger charge is 2.01. The quantitative estimate of drug-likeness (QED) is 0.304. The molecule has 0 saturated carbocycles. The Kier molecular flexibility index (Phi) is 11.7. The van der Waals surface area contributed by atoms with Crippen molar-refractivity contribution in [1.82, 2.24) is 0 Å². The van der Waals surface area contributed by atoms with Gasteiger partial charge in [-0.25, -0.2) is 4.79 Å². The van der Waals surface area contributed by atoms with Crippen LogP contribution in [0.2, 0.25) is 0 Å². The van der Waals surface area contributed by atoms with E-state index in [0.717, 1.165) is 18.9 Å². The average Bonchev–Trinajstić information content (AvgIpc) is 2.35. The van der Waals surface area contributed by atoms with E-state index >= 15 is 0 Å². The van der Waals surface area contributed by atoms with E-state index < -0.39 is 0 Å². The molecule has 0 aromatic heterocycles. The summed E-state index contributed by atoms with van der Waals surface area (Å²) in [5, 5.41) is 0. The van der Waals surface area contributed by atoms with Gasteiger partial charge in [0.15, 0.2) is 0 Å². The number of esters is 1. The van der Waals surface area contributed by atoms with Crippen molar-refractivity contribution in [2.45, 2.75) is 59.3 Å². The maximum atomic E-state index is 11.0. The molecule has 0 unspecified atom stereocenters. The smallest absolute Gasteiger partial charge is 0.333 e. The van der Waals surface area contributed by atoms with Crippen LogP contribution in [0.3, 0.4) is 0 Å². The molecule has 0 aromatic carbocycles. The van der Waals surface area contributed by atoms with Gasteiger partial charge in [0.2, 0.25) is 0 Å². The third kappa shape index (κ3) is 13.4. The summed E-state index contributed by atoms with van der Waals surface area (Å²) < 4.78 is 10.3. The molecule has 112 valence electrons. The minimum absolute atomic E-state index is 0.320. The van der Waals surface area contributed by atoms with Gasteiger partial charge in [-0.05, 0) is 19.3 Å². The second-order valence-electron chi connectivity index (χ2n) is 5.48. The Bertz CT molecular complexity index is 246. The van der Waals surface area contributed by atoms with Gasteiger partial charge in [-0.3, -0.25) is 0 Å². The van der Waals surface area contributed by atoms with Crippen LogP contribution in [-0.2, 0) is 14.3 Å². The fourth-order valence-corrected chi connectivity index (χ4v) is 1.71. The predicted molar refractivity (Wildman–Crippen MR) is 79.1 cm³/mol. The van der Waals surface area contributed by atoms with Gasteiger partial charge in [0, 0.05) is 12.2 Å². The zero-order valence-electron chi connectivity index (χ0n) is 12.9. The molecule has 0 atom stereocenters. The summed E-state index contributed by atoms with van der Waals surface area (Å²) in [6.45, 7) is 11.3. The Hall–Kier alpha value is -0.830. The van der Waals surface area contributed by atoms with Crippen molar-refractivity contribution in [3.8, 4) is 0 Å². The highest BCUT2D eigenvalue weighted by atomic mass is 16.6. The maximum absolute atomic E-state index is 11.0. The van der Waals surface area contributed by atoms with E-state index in [1.807, 2.05) is 0 Å². The standard InChI is InChI=1S/C16H30O3/c1-14(2)10-8-6-5-7-9-11-18-12-13-19-16(17)15(3)4/h14H,3,5-13H2,1-2,4H3. The lowest BCUT2D eigenvalue weighted by atomic mass is 10.0. The van der Waals surface area contributed by atoms with Crippen molar-refractivity contribution in [3.63, 3.8) is 0 Å². The number of unbranched alkanes of at least 4 members (excludes halogenated alkanes) is 4. The number of carbonyl (C=O) groups is 1. The summed E-state index contributed by atoms with van der Waals surface area (Å²) in [6.07, 6.45) is 7.62. The van der Waals surface area contributed by atoms with Gasteiger partial charge in [0.25, 0.3) is 0 Å². The van der Waals surface area contributed by atoms with Crippen molar-refractivity contribution < 1.29 is 14.3 Å². The van der Waals surface area contributed by atoms with Gasteiger partial charge in [-0.15, -0.1) is 0 Å². The van der Waals surface area contributed by atoms with Gasteiger partial charge >= 0.3 is 5.97 Å². The predicted octanol–water partition coefficient (Wildman–Crippen LogP) is 4.12. The highest BCUT2D eigenvalue weighted by molar-refractivity contribution is 5.86. The summed E-state index contributed by atoms with van der Waals surface area (Å²) in [6, 6.07) is 0. The van der Waals surface area contributed by atoms with Crippen molar-refractivity contribution in [1.29, 1.82) is 0 Å². The zero-order valence-corrected chi connectivity index (χ0v) is 12.9. The Balaban J connectivity index is 3.11. The molecule has 0 saturated heterocycles. The van der Waals surface area contributed by atoms with Crippen molar-refractivity contribution in [2.24, 2.45) is 5.92 Å². The van der Waals surface area contributed by atoms with Crippen molar-refractivity contribution in [2.75, 3.05) is 19.8 Å². The topological polar surface area (TPSA) is 35.5 Å². The minimum atomic E-state index is -0.339. The molecule has 0 radical (unpaired) electrons. The lowest BCUT2D eigenvalue weighted by Crippen LogP contribution is -2.11. The summed E-state index contributed by atoms with van der Waals surface area (Å²) in [5.74, 6) is 0.485. The monoisotopic (exact) mass is 270 g/mol. The second kappa shape index (κ2) is 12.2. The SMILES string of the molecule is C=C(C)C(=O)OCCOCCCCCCCC(C)C. The molecule has 0 aliphatic rings. The van der Waals surface area contributed by atoms with E-state index in [2.05, 4.69) is 20.4 Å². The lowest BCUT2D eigenvalue weighted by molar-refractivity contribution is -0.140. The maximum Gasteiger partial charge on any atom is 0.333 e. The number of hydrogen-bond donors (Lipinski definition) is 0. The molecule has 0 heterocycles. The van der Waals surface area contributed by atoms with E-state index in [4.69, 9.17) is 9.47 Å². The van der Waals surface area contributed by atoms with Crippen LogP contribution < -0.4 is 0 Å². The molecule has 0 amide bonds. The molecule has 0 N–H and O–H groups in total. The molecule has 0 rings (SSSR count). The van der Waals surface area contributed by atoms with Gasteiger partial charge in [-0.2, -0.15) is 0 Å². The minimum Gasteiger partial charge on any atom is -0.460 e. The van der Waals surface area contributed by atoms with Crippen LogP contribution in [0.4, 0.5) is 0 Å². The van der Waals surface area contributed by atoms with E-state index in [0.29, 0.717) is 18.8 Å². The fourth-order valence-electron chi connectivity index (χ4n) is 1.71. The summed E-state index contributed by atoms with van der Waals surface area (Å²) in [4.78, 5) is 11.0. The molecule has 3 nitrogen and oxygen atoms in total. The largest absolute Gasteiger partial charge is 0.460 e. The van der Waals surface area contributed by atoms with Crippen molar-refractivity contribution >= 4 is 5.97 Å². The zero-order chi connectivity index (χ0) is 14.5. The lowest BCUT2D eigenvalue weighted by Gasteiger charge is -2.06. The Labute approximate surface area is 118 Å². The molecule has 0 spiro atoms. The van der Waals surface area contributed by atoms with Crippen LogP contribution in [0.5, 0.6) is 0 Å². The van der Waals surface area contributed by atoms with Gasteiger partial charge < -0.3 is 9.47 Å². The first-order chi connectivity index (χ1) is 9.04. The van der Waals surface area contributed by atoms with E-state index in [9.17, 15) is 4.79 Å². The third-order valence-electron chi connectivity index (χ3n) is 2.88. The molecule has 0 aliphatic carbocycles. The van der Waals surface area contributed by atoms with E-state index in [1.54, 1.807) is 6.92 Å². The summed E-state index contributed by atoms with van der Waals surface area (Å²) in [7, 11) is 0. The third-order valence-corrected chi connectivity index (χ3v) is 2.88. The summed E-state index contributed by atoms with van der Waals surface area (Å²) >= 11 is 0. The molecule has 0 aromatic rings. The van der Waals surface area contributed by atoms with Crippen LogP contribution >= 0.6 is 0 Å². The molecular formula is C16H30O3. The molecule has 3 heteroatoms. The first-order valence-electron chi connectivity index (χ1n) is 7.44. The average molecular weight is 270 g/mol. The van der Waals surface area contributed by atoms with Gasteiger partial charge in [0.05, 0.1) is 6.61 Å². The molecular weight excluding hydrogens is 240 g/mol. The van der Waals surface area contributed by atoms with E-state index in [-0.39, 0.29) is 5.97 Å². The van der Waals surface area contributed by atoms with Crippen LogP contribution in [0.1, 0.15) is 59.3 Å². The fraction of sp³-hybridized carbons (Fsp3) is 0.812. The first kappa shape index (κ1) is 18.2. The van der Waals surface area contributed by atoms with Gasteiger partial charge in [-0.1, -0.05) is 52.5 Å². The normalized spacial score (nSPS) is 10.7. The Morgan fingerprint density at radius 2 is 1.63 bits per heavy atom. The Morgan fingerprint density at radius 1 is 1.00 bits per heavy atom. The molecule has 19 heavy (non-hydrogen) atoms. The second-order valence-corrected chi connectivity index (χ2v) is 5.48. The number of ether oxygens (including phenoxy) is 2. The van der Waals surface area contributed by atoms with Gasteiger partial charge in [0.1, 0.15) is 6.61 Å². The molecule has 0 bridgehead atoms. The molecule has 0 fully saturated rings. The summed E-state index contributed by atoms with van der Waals surface area (Å²) in [5.41, 5.74) is 0.432. The van der Waals surface area contributed by atoms with Crippen LogP contribution in [0.15, 0.2) is 12.2 Å². The Morgan fingerprint density at radius 3 is 2.26 bits per heavy atom. The van der Waals surface area contributed by atoms with Crippen LogP contribution in [0.25, 0.3) is 0 Å². The van der Waals surface area contributed by atoms with Crippen LogP contribution in [0, 0.1) is 5.92 Å². The van der Waals surface area contributed by atoms with E-state index in [1.165, 1.54) is 32.1 Å². The van der Waals surface area contributed by atoms with Crippen LogP contribution in [-0.4, -0.2) is 25.8 Å². The number of rotatable bonds is 12. The van der Waals surface area contributed by atoms with Crippen molar-refractivity contribution in [3.05, 3.63) is 12.2 Å². The molecule has 0 aliphatic heterocycles. The number of carbonyl (C=O) groups excluding carboxylic acids is 1.